The van der Waals surface area contributed by atoms with Crippen molar-refractivity contribution in [2.45, 2.75) is 0 Å². The SMILES string of the molecule is NC(N)=O.O=c1[nH]c2ccccc2o1. The normalized spacial score (nSPS) is 9.14. The predicted molar refractivity (Wildman–Crippen MR) is 50.6 cm³/mol. The second-order valence-corrected chi connectivity index (χ2v) is 2.41. The summed E-state index contributed by atoms with van der Waals surface area (Å²) < 4.78 is 4.76. The number of nitrogens with one attached hydrogen (secondary N) is 1. The number of para-hydroxylation sites is 2. The fourth-order valence-electron chi connectivity index (χ4n) is 0.894. The standard InChI is InChI=1S/C7H5NO2.CH4N2O/c9-7-8-5-3-1-2-4-6(5)10-7;2-1(3)4/h1-4H,(H,8,9);(H4,2,3,4). The Bertz CT molecular complexity index is 446. The van der Waals surface area contributed by atoms with Gasteiger partial charge in [0.1, 0.15) is 0 Å². The zero-order valence-electron chi connectivity index (χ0n) is 7.19. The second kappa shape index (κ2) is 4.13. The van der Waals surface area contributed by atoms with E-state index in [0.29, 0.717) is 5.58 Å². The van der Waals surface area contributed by atoms with Crippen LogP contribution in [0.2, 0.25) is 0 Å². The molecule has 1 aromatic carbocycles. The topological polar surface area (TPSA) is 115 Å². The Labute approximate surface area is 78.5 Å². The third kappa shape index (κ3) is 2.67. The van der Waals surface area contributed by atoms with Gasteiger partial charge in [-0.2, -0.15) is 0 Å². The molecule has 2 amide bonds. The summed E-state index contributed by atoms with van der Waals surface area (Å²) in [5.41, 5.74) is 9.85. The lowest BCUT2D eigenvalue weighted by atomic mass is 10.3. The highest BCUT2D eigenvalue weighted by atomic mass is 16.4. The molecule has 14 heavy (non-hydrogen) atoms. The molecule has 0 spiro atoms. The highest BCUT2D eigenvalue weighted by Gasteiger charge is 1.95. The maximum Gasteiger partial charge on any atom is 0.417 e. The molecule has 0 atom stereocenters. The molecule has 6 nitrogen and oxygen atoms in total. The molecule has 6 heteroatoms. The third-order valence-corrected chi connectivity index (χ3v) is 1.33. The Kier molecular flexibility index (Phi) is 2.90. The summed E-state index contributed by atoms with van der Waals surface area (Å²) in [4.78, 5) is 22.1. The van der Waals surface area contributed by atoms with E-state index in [0.717, 1.165) is 5.52 Å². The van der Waals surface area contributed by atoms with Crippen molar-refractivity contribution in [2.75, 3.05) is 0 Å². The fraction of sp³-hybridized carbons (Fsp3) is 0. The van der Waals surface area contributed by atoms with E-state index in [1.54, 1.807) is 12.1 Å². The van der Waals surface area contributed by atoms with Gasteiger partial charge >= 0.3 is 11.8 Å². The Balaban J connectivity index is 0.000000213. The molecule has 1 aromatic heterocycles. The first kappa shape index (κ1) is 9.85. The molecule has 0 aliphatic carbocycles. The molecule has 2 aromatic rings. The second-order valence-electron chi connectivity index (χ2n) is 2.41. The zero-order chi connectivity index (χ0) is 10.6. The molecule has 1 heterocycles. The first-order chi connectivity index (χ1) is 6.59. The average Bonchev–Trinajstić information content (AvgIpc) is 2.42. The predicted octanol–water partition coefficient (Wildman–Crippen LogP) is 0.145. The van der Waals surface area contributed by atoms with Crippen molar-refractivity contribution < 1.29 is 9.21 Å². The van der Waals surface area contributed by atoms with Crippen LogP contribution in [0.25, 0.3) is 11.1 Å². The molecule has 0 fully saturated rings. The average molecular weight is 195 g/mol. The number of benzene rings is 1. The summed E-state index contributed by atoms with van der Waals surface area (Å²) in [5, 5.41) is 0. The number of H-pyrrole nitrogens is 1. The number of amides is 2. The van der Waals surface area contributed by atoms with Crippen LogP contribution in [0.3, 0.4) is 0 Å². The van der Waals surface area contributed by atoms with E-state index in [1.165, 1.54) is 0 Å². The van der Waals surface area contributed by atoms with Gasteiger partial charge in [0.25, 0.3) is 0 Å². The van der Waals surface area contributed by atoms with Gasteiger partial charge in [-0.1, -0.05) is 12.1 Å². The number of nitrogens with two attached hydrogens (primary N) is 2. The van der Waals surface area contributed by atoms with Crippen molar-refractivity contribution in [3.63, 3.8) is 0 Å². The highest BCUT2D eigenvalue weighted by Crippen LogP contribution is 2.06. The Morgan fingerprint density at radius 3 is 2.43 bits per heavy atom. The molecular weight excluding hydrogens is 186 g/mol. The van der Waals surface area contributed by atoms with Crippen LogP contribution >= 0.6 is 0 Å². The molecule has 2 rings (SSSR count). The number of fused-ring (bicyclic) bond motifs is 1. The van der Waals surface area contributed by atoms with Gasteiger partial charge in [-0.3, -0.25) is 4.98 Å². The van der Waals surface area contributed by atoms with Crippen LogP contribution in [-0.2, 0) is 0 Å². The molecule has 0 radical (unpaired) electrons. The van der Waals surface area contributed by atoms with Gasteiger partial charge in [0.05, 0.1) is 5.52 Å². The number of primary amides is 2. The molecule has 0 aliphatic rings. The molecule has 0 bridgehead atoms. The van der Waals surface area contributed by atoms with Crippen LogP contribution in [-0.4, -0.2) is 11.0 Å². The van der Waals surface area contributed by atoms with E-state index in [-0.39, 0.29) is 0 Å². The molecular formula is C8H9N3O3. The number of rotatable bonds is 0. The van der Waals surface area contributed by atoms with Gasteiger partial charge in [-0.25, -0.2) is 9.59 Å². The Hall–Kier alpha value is -2.24. The van der Waals surface area contributed by atoms with E-state index in [4.69, 9.17) is 9.21 Å². The number of carbonyl (C=O) groups is 1. The van der Waals surface area contributed by atoms with E-state index in [1.807, 2.05) is 12.1 Å². The fourth-order valence-corrected chi connectivity index (χ4v) is 0.894. The molecule has 0 aliphatic heterocycles. The van der Waals surface area contributed by atoms with Crippen molar-refractivity contribution in [3.8, 4) is 0 Å². The van der Waals surface area contributed by atoms with Crippen molar-refractivity contribution in [3.05, 3.63) is 34.8 Å². The van der Waals surface area contributed by atoms with Crippen LogP contribution in [0.4, 0.5) is 4.79 Å². The molecule has 74 valence electrons. The van der Waals surface area contributed by atoms with Gasteiger partial charge in [0, 0.05) is 0 Å². The number of aromatic amines is 1. The minimum atomic E-state index is -0.833. The lowest BCUT2D eigenvalue weighted by Gasteiger charge is -1.79. The summed E-state index contributed by atoms with van der Waals surface area (Å²) in [6.45, 7) is 0. The van der Waals surface area contributed by atoms with Crippen LogP contribution in [0, 0.1) is 0 Å². The van der Waals surface area contributed by atoms with Crippen molar-refractivity contribution >= 4 is 17.1 Å². The first-order valence-electron chi connectivity index (χ1n) is 3.72. The number of hydrogen-bond donors (Lipinski definition) is 3. The first-order valence-corrected chi connectivity index (χ1v) is 3.72. The maximum atomic E-state index is 10.6. The Morgan fingerprint density at radius 1 is 1.29 bits per heavy atom. The van der Waals surface area contributed by atoms with Crippen molar-refractivity contribution in [1.82, 2.24) is 4.98 Å². The monoisotopic (exact) mass is 195 g/mol. The van der Waals surface area contributed by atoms with E-state index >= 15 is 0 Å². The van der Waals surface area contributed by atoms with Gasteiger partial charge < -0.3 is 15.9 Å². The van der Waals surface area contributed by atoms with Crippen LogP contribution < -0.4 is 17.2 Å². The molecule has 0 unspecified atom stereocenters. The Morgan fingerprint density at radius 2 is 1.86 bits per heavy atom. The van der Waals surface area contributed by atoms with E-state index in [9.17, 15) is 4.79 Å². The van der Waals surface area contributed by atoms with Crippen molar-refractivity contribution in [2.24, 2.45) is 11.5 Å². The minimum absolute atomic E-state index is 0.402. The van der Waals surface area contributed by atoms with Gasteiger partial charge in [-0.05, 0) is 12.1 Å². The largest absolute Gasteiger partial charge is 0.417 e. The van der Waals surface area contributed by atoms with Crippen LogP contribution in [0.1, 0.15) is 0 Å². The summed E-state index contributed by atoms with van der Waals surface area (Å²) in [6.07, 6.45) is 0. The smallest absolute Gasteiger partial charge is 0.408 e. The quantitative estimate of drug-likeness (QED) is 0.555. The number of oxazole rings is 1. The van der Waals surface area contributed by atoms with Crippen LogP contribution in [0.5, 0.6) is 0 Å². The lowest BCUT2D eigenvalue weighted by molar-refractivity contribution is 0.256. The van der Waals surface area contributed by atoms with E-state index in [2.05, 4.69) is 16.5 Å². The summed E-state index contributed by atoms with van der Waals surface area (Å²) in [7, 11) is 0. The van der Waals surface area contributed by atoms with Crippen molar-refractivity contribution in [1.29, 1.82) is 0 Å². The van der Waals surface area contributed by atoms with Crippen LogP contribution in [0.15, 0.2) is 33.5 Å². The van der Waals surface area contributed by atoms with Gasteiger partial charge in [-0.15, -0.1) is 0 Å². The molecule has 5 N–H and O–H groups in total. The lowest BCUT2D eigenvalue weighted by Crippen LogP contribution is -2.18. The van der Waals surface area contributed by atoms with E-state index < -0.39 is 11.8 Å². The third-order valence-electron chi connectivity index (χ3n) is 1.33. The number of carbonyl (C=O) groups excluding carboxylic acids is 1. The molecule has 0 saturated carbocycles. The number of hydrogen-bond acceptors (Lipinski definition) is 3. The zero-order valence-corrected chi connectivity index (χ0v) is 7.19. The van der Waals surface area contributed by atoms with Gasteiger partial charge in [0.15, 0.2) is 5.58 Å². The molecule has 0 saturated heterocycles. The highest BCUT2D eigenvalue weighted by molar-refractivity contribution is 5.71. The number of aromatic nitrogens is 1. The number of urea groups is 1. The minimum Gasteiger partial charge on any atom is -0.408 e. The maximum absolute atomic E-state index is 10.6. The summed E-state index contributed by atoms with van der Waals surface area (Å²) in [5.74, 6) is -0.402. The summed E-state index contributed by atoms with van der Waals surface area (Å²) in [6, 6.07) is 6.36. The summed E-state index contributed by atoms with van der Waals surface area (Å²) >= 11 is 0. The van der Waals surface area contributed by atoms with Gasteiger partial charge in [0.2, 0.25) is 0 Å².